The maximum Gasteiger partial charge on any atom is 0.133 e. The van der Waals surface area contributed by atoms with Gasteiger partial charge < -0.3 is 9.42 Å². The van der Waals surface area contributed by atoms with Crippen LogP contribution in [0.2, 0.25) is 0 Å². The fourth-order valence-corrected chi connectivity index (χ4v) is 3.80. The number of likely N-dealkylation sites (tertiary alicyclic amines) is 1. The molecule has 1 aliphatic heterocycles. The smallest absolute Gasteiger partial charge is 0.133 e. The third kappa shape index (κ3) is 3.82. The van der Waals surface area contributed by atoms with Gasteiger partial charge in [0.2, 0.25) is 0 Å². The molecule has 0 bridgehead atoms. The molecule has 3 heterocycles. The average Bonchev–Trinajstić information content (AvgIpc) is 3.08. The Labute approximate surface area is 138 Å². The van der Waals surface area contributed by atoms with Crippen LogP contribution in [-0.2, 0) is 13.6 Å². The molecule has 0 aliphatic carbocycles. The van der Waals surface area contributed by atoms with Crippen molar-refractivity contribution in [3.05, 3.63) is 35.5 Å². The second-order valence-electron chi connectivity index (χ2n) is 6.90. The molecule has 0 aromatic carbocycles. The van der Waals surface area contributed by atoms with Crippen LogP contribution in [0, 0.1) is 12.8 Å². The van der Waals surface area contributed by atoms with E-state index < -0.39 is 0 Å². The van der Waals surface area contributed by atoms with Gasteiger partial charge in [-0.3, -0.25) is 9.58 Å². The van der Waals surface area contributed by atoms with Gasteiger partial charge in [-0.05, 0) is 46.3 Å². The quantitative estimate of drug-likeness (QED) is 0.846. The van der Waals surface area contributed by atoms with Crippen LogP contribution < -0.4 is 0 Å². The van der Waals surface area contributed by atoms with E-state index in [4.69, 9.17) is 4.52 Å². The zero-order chi connectivity index (χ0) is 16.4. The summed E-state index contributed by atoms with van der Waals surface area (Å²) in [5, 5.41) is 8.47. The maximum absolute atomic E-state index is 5.17. The van der Waals surface area contributed by atoms with Gasteiger partial charge in [0.05, 0.1) is 11.9 Å². The zero-order valence-corrected chi connectivity index (χ0v) is 14.6. The molecule has 2 atom stereocenters. The van der Waals surface area contributed by atoms with Crippen molar-refractivity contribution < 1.29 is 4.52 Å². The Morgan fingerprint density at radius 2 is 2.22 bits per heavy atom. The Hall–Kier alpha value is -1.66. The molecule has 126 valence electrons. The third-order valence-corrected chi connectivity index (χ3v) is 4.73. The topological polar surface area (TPSA) is 50.3 Å². The molecule has 1 saturated heterocycles. The number of nitrogens with zero attached hydrogens (tertiary/aromatic N) is 5. The Balaban J connectivity index is 1.68. The molecule has 0 amide bonds. The number of aryl methyl sites for hydroxylation is 2. The highest BCUT2D eigenvalue weighted by Crippen LogP contribution is 2.35. The van der Waals surface area contributed by atoms with Gasteiger partial charge in [-0.25, -0.2) is 0 Å². The Bertz CT molecular complexity index is 634. The maximum atomic E-state index is 5.17. The highest BCUT2D eigenvalue weighted by Gasteiger charge is 2.32. The molecule has 2 aromatic heterocycles. The largest absolute Gasteiger partial charge is 0.361 e. The highest BCUT2D eigenvalue weighted by molar-refractivity contribution is 5.13. The summed E-state index contributed by atoms with van der Waals surface area (Å²) in [4.78, 5) is 4.82. The van der Waals surface area contributed by atoms with Crippen LogP contribution in [0.3, 0.4) is 0 Å². The predicted octanol–water partition coefficient (Wildman–Crippen LogP) is 2.23. The predicted molar refractivity (Wildman–Crippen MR) is 88.9 cm³/mol. The number of aromatic nitrogens is 3. The van der Waals surface area contributed by atoms with Crippen molar-refractivity contribution in [3.63, 3.8) is 0 Å². The highest BCUT2D eigenvalue weighted by atomic mass is 16.5. The van der Waals surface area contributed by atoms with Crippen molar-refractivity contribution in [2.45, 2.75) is 32.4 Å². The van der Waals surface area contributed by atoms with E-state index in [2.05, 4.69) is 40.3 Å². The van der Waals surface area contributed by atoms with Gasteiger partial charge in [0.1, 0.15) is 5.76 Å². The molecular weight excluding hydrogens is 290 g/mol. The summed E-state index contributed by atoms with van der Waals surface area (Å²) in [6, 6.07) is 2.46. The Morgan fingerprint density at radius 1 is 1.39 bits per heavy atom. The Morgan fingerprint density at radius 3 is 2.87 bits per heavy atom. The molecule has 1 fully saturated rings. The number of rotatable bonds is 5. The molecular formula is C17H27N5O. The molecule has 6 heteroatoms. The van der Waals surface area contributed by atoms with E-state index >= 15 is 0 Å². The van der Waals surface area contributed by atoms with Crippen molar-refractivity contribution >= 4 is 0 Å². The first-order valence-electron chi connectivity index (χ1n) is 8.32. The van der Waals surface area contributed by atoms with Crippen molar-refractivity contribution in [1.82, 2.24) is 24.7 Å². The van der Waals surface area contributed by atoms with E-state index in [0.717, 1.165) is 31.1 Å². The van der Waals surface area contributed by atoms with Gasteiger partial charge in [-0.1, -0.05) is 5.16 Å². The van der Waals surface area contributed by atoms with Gasteiger partial charge in [0, 0.05) is 44.0 Å². The van der Waals surface area contributed by atoms with Crippen LogP contribution in [0.15, 0.2) is 23.0 Å². The van der Waals surface area contributed by atoms with E-state index in [0.29, 0.717) is 12.0 Å². The molecule has 3 rings (SSSR count). The van der Waals surface area contributed by atoms with Crippen molar-refractivity contribution in [1.29, 1.82) is 0 Å². The van der Waals surface area contributed by atoms with Crippen LogP contribution in [-0.4, -0.2) is 51.9 Å². The van der Waals surface area contributed by atoms with Crippen molar-refractivity contribution in [2.75, 3.05) is 27.2 Å². The minimum Gasteiger partial charge on any atom is -0.361 e. The van der Waals surface area contributed by atoms with Crippen LogP contribution in [0.1, 0.15) is 35.9 Å². The van der Waals surface area contributed by atoms with Gasteiger partial charge in [-0.2, -0.15) is 5.10 Å². The van der Waals surface area contributed by atoms with Gasteiger partial charge in [0.25, 0.3) is 0 Å². The third-order valence-electron chi connectivity index (χ3n) is 4.73. The monoisotopic (exact) mass is 317 g/mol. The average molecular weight is 317 g/mol. The zero-order valence-electron chi connectivity index (χ0n) is 14.6. The standard InChI is InChI=1S/C17H27N5O/c1-13-8-16(19-23-13)12-20(2)10-14-6-5-7-21(3)17(14)15-9-18-22(4)11-15/h8-9,11,14,17H,5-7,10,12H2,1-4H3/t14-,17+/m0/s1. The summed E-state index contributed by atoms with van der Waals surface area (Å²) in [7, 11) is 6.38. The van der Waals surface area contributed by atoms with E-state index in [-0.39, 0.29) is 0 Å². The van der Waals surface area contributed by atoms with E-state index in [9.17, 15) is 0 Å². The van der Waals surface area contributed by atoms with Crippen molar-refractivity contribution in [3.8, 4) is 0 Å². The van der Waals surface area contributed by atoms with Crippen LogP contribution in [0.25, 0.3) is 0 Å². The molecule has 2 aromatic rings. The first kappa shape index (κ1) is 16.2. The summed E-state index contributed by atoms with van der Waals surface area (Å²) >= 11 is 0. The normalized spacial score (nSPS) is 22.8. The first-order chi connectivity index (χ1) is 11.0. The lowest BCUT2D eigenvalue weighted by atomic mass is 9.85. The Kier molecular flexibility index (Phi) is 4.82. The number of piperidine rings is 1. The SMILES string of the molecule is Cc1cc(CN(C)C[C@@H]2CCCN(C)[C@H]2c2cnn(C)c2)no1. The second kappa shape index (κ2) is 6.84. The molecule has 0 spiro atoms. The molecule has 1 aliphatic rings. The van der Waals surface area contributed by atoms with Gasteiger partial charge in [-0.15, -0.1) is 0 Å². The fourth-order valence-electron chi connectivity index (χ4n) is 3.80. The molecule has 0 saturated carbocycles. The van der Waals surface area contributed by atoms with Crippen LogP contribution in [0.4, 0.5) is 0 Å². The lowest BCUT2D eigenvalue weighted by Gasteiger charge is -2.40. The van der Waals surface area contributed by atoms with Crippen molar-refractivity contribution in [2.24, 2.45) is 13.0 Å². The van der Waals surface area contributed by atoms with Gasteiger partial charge in [0.15, 0.2) is 0 Å². The number of hydrogen-bond donors (Lipinski definition) is 0. The summed E-state index contributed by atoms with van der Waals surface area (Å²) in [5.41, 5.74) is 2.33. The van der Waals surface area contributed by atoms with Gasteiger partial charge >= 0.3 is 0 Å². The second-order valence-corrected chi connectivity index (χ2v) is 6.90. The summed E-state index contributed by atoms with van der Waals surface area (Å²) < 4.78 is 7.07. The summed E-state index contributed by atoms with van der Waals surface area (Å²) in [6.07, 6.45) is 6.68. The molecule has 23 heavy (non-hydrogen) atoms. The summed E-state index contributed by atoms with van der Waals surface area (Å²) in [6.45, 7) is 4.97. The lowest BCUT2D eigenvalue weighted by molar-refractivity contribution is 0.0919. The number of hydrogen-bond acceptors (Lipinski definition) is 5. The molecule has 0 unspecified atom stereocenters. The minimum atomic E-state index is 0.443. The minimum absolute atomic E-state index is 0.443. The first-order valence-corrected chi connectivity index (χ1v) is 8.32. The van der Waals surface area contributed by atoms with E-state index in [1.807, 2.05) is 30.9 Å². The van der Waals surface area contributed by atoms with Crippen LogP contribution in [0.5, 0.6) is 0 Å². The lowest BCUT2D eigenvalue weighted by Crippen LogP contribution is -2.40. The van der Waals surface area contributed by atoms with Crippen LogP contribution >= 0.6 is 0 Å². The summed E-state index contributed by atoms with van der Waals surface area (Å²) in [5.74, 6) is 1.48. The van der Waals surface area contributed by atoms with E-state index in [1.165, 1.54) is 18.4 Å². The fraction of sp³-hybridized carbons (Fsp3) is 0.647. The van der Waals surface area contributed by atoms with E-state index in [1.54, 1.807) is 0 Å². The molecule has 6 nitrogen and oxygen atoms in total. The molecule has 0 N–H and O–H groups in total. The molecule has 0 radical (unpaired) electrons.